The Bertz CT molecular complexity index is 1600. The molecule has 0 spiro atoms. The van der Waals surface area contributed by atoms with E-state index in [1.807, 2.05) is 18.3 Å². The summed E-state index contributed by atoms with van der Waals surface area (Å²) in [5.74, 6) is 0.631. The molecule has 0 radical (unpaired) electrons. The molecule has 1 aliphatic rings. The van der Waals surface area contributed by atoms with Crippen LogP contribution in [-0.2, 0) is 22.0 Å². The predicted octanol–water partition coefficient (Wildman–Crippen LogP) is 5.61. The first kappa shape index (κ1) is 27.3. The largest absolute Gasteiger partial charge is 0.481 e. The summed E-state index contributed by atoms with van der Waals surface area (Å²) in [5.41, 5.74) is 3.93. The average Bonchev–Trinajstić information content (AvgIpc) is 2.93. The molecule has 1 saturated carbocycles. The predicted molar refractivity (Wildman–Crippen MR) is 153 cm³/mol. The lowest BCUT2D eigenvalue weighted by molar-refractivity contribution is 0.126. The highest BCUT2D eigenvalue weighted by molar-refractivity contribution is 7.90. The van der Waals surface area contributed by atoms with Crippen LogP contribution >= 0.6 is 11.6 Å². The molecule has 0 unspecified atom stereocenters. The summed E-state index contributed by atoms with van der Waals surface area (Å²) in [5, 5.41) is 14.3. The van der Waals surface area contributed by atoms with Crippen molar-refractivity contribution < 1.29 is 18.3 Å². The van der Waals surface area contributed by atoms with Crippen LogP contribution in [0, 0.1) is 0 Å². The second-order valence-corrected chi connectivity index (χ2v) is 12.2. The van der Waals surface area contributed by atoms with Crippen LogP contribution in [0.5, 0.6) is 5.88 Å². The smallest absolute Gasteiger partial charge is 0.223 e. The average molecular weight is 567 g/mol. The van der Waals surface area contributed by atoms with Gasteiger partial charge in [-0.25, -0.2) is 23.4 Å². The van der Waals surface area contributed by atoms with E-state index in [2.05, 4.69) is 28.3 Å². The van der Waals surface area contributed by atoms with Gasteiger partial charge in [-0.05, 0) is 79.6 Å². The summed E-state index contributed by atoms with van der Waals surface area (Å²) in [7, 11) is -2.17. The van der Waals surface area contributed by atoms with E-state index in [9.17, 15) is 13.5 Å². The maximum absolute atomic E-state index is 13.0. The van der Waals surface area contributed by atoms with Crippen LogP contribution in [0.2, 0.25) is 5.02 Å². The van der Waals surface area contributed by atoms with Crippen LogP contribution in [0.1, 0.15) is 43.9 Å². The van der Waals surface area contributed by atoms with Crippen molar-refractivity contribution in [1.82, 2.24) is 15.0 Å². The van der Waals surface area contributed by atoms with E-state index in [1.165, 1.54) is 13.2 Å². The third-order valence-electron chi connectivity index (χ3n) is 7.10. The molecule has 4 aromatic rings. The van der Waals surface area contributed by atoms with Crippen molar-refractivity contribution in [3.05, 3.63) is 71.0 Å². The van der Waals surface area contributed by atoms with E-state index >= 15 is 0 Å². The Morgan fingerprint density at radius 2 is 1.85 bits per heavy atom. The van der Waals surface area contributed by atoms with E-state index in [0.717, 1.165) is 59.7 Å². The first-order valence-electron chi connectivity index (χ1n) is 13.0. The van der Waals surface area contributed by atoms with Crippen molar-refractivity contribution in [3.63, 3.8) is 0 Å². The number of ether oxygens (including phenoxy) is 1. The Morgan fingerprint density at radius 1 is 1.08 bits per heavy atom. The molecule has 0 bridgehead atoms. The summed E-state index contributed by atoms with van der Waals surface area (Å²) in [6.07, 6.45) is 5.73. The van der Waals surface area contributed by atoms with Crippen LogP contribution in [0.4, 0.5) is 5.95 Å². The molecule has 2 heterocycles. The monoisotopic (exact) mass is 566 g/mol. The van der Waals surface area contributed by atoms with Gasteiger partial charge in [-0.1, -0.05) is 30.7 Å². The zero-order chi connectivity index (χ0) is 27.6. The van der Waals surface area contributed by atoms with E-state index < -0.39 is 9.84 Å². The lowest BCUT2D eigenvalue weighted by Crippen LogP contribution is -2.28. The molecule has 0 atom stereocenters. The fraction of sp³-hybridized carbons (Fsp3) is 0.345. The number of fused-ring (bicyclic) bond motifs is 1. The standard InChI is InChI=1S/C29H31ClN4O4S/c1-3-18-14-19(15-20-16-31-29(34-27(18)20)33-21-8-11-23(35)12-9-21)24-13-10-22(32-28(24)38-2)17-39(36,37)26-7-5-4-6-25(26)30/h4-7,10,13-16,21,23,35H,3,8-9,11-12,17H2,1-2H3,(H,31,33,34). The third-order valence-corrected chi connectivity index (χ3v) is 9.25. The molecule has 1 fully saturated rings. The highest BCUT2D eigenvalue weighted by Gasteiger charge is 2.22. The van der Waals surface area contributed by atoms with Crippen LogP contribution in [0.15, 0.2) is 59.6 Å². The number of nitrogens with zero attached hydrogens (tertiary/aromatic N) is 3. The lowest BCUT2D eigenvalue weighted by Gasteiger charge is -2.26. The summed E-state index contributed by atoms with van der Waals surface area (Å²) in [6, 6.07) is 14.2. The van der Waals surface area contributed by atoms with E-state index in [1.54, 1.807) is 24.3 Å². The molecule has 1 aliphatic carbocycles. The SMILES string of the molecule is CCc1cc(-c2ccc(CS(=O)(=O)c3ccccc3Cl)nc2OC)cc2cnc(NC3CCC(O)CC3)nc12. The number of methoxy groups -OCH3 is 1. The highest BCUT2D eigenvalue weighted by Crippen LogP contribution is 2.34. The van der Waals surface area contributed by atoms with Crippen molar-refractivity contribution >= 4 is 38.3 Å². The maximum Gasteiger partial charge on any atom is 0.223 e. The van der Waals surface area contributed by atoms with Gasteiger partial charge < -0.3 is 15.2 Å². The van der Waals surface area contributed by atoms with Crippen LogP contribution < -0.4 is 10.1 Å². The van der Waals surface area contributed by atoms with Gasteiger partial charge in [0.2, 0.25) is 11.8 Å². The summed E-state index contributed by atoms with van der Waals surface area (Å²) >= 11 is 6.13. The zero-order valence-electron chi connectivity index (χ0n) is 21.9. The van der Waals surface area contributed by atoms with E-state index in [-0.39, 0.29) is 27.8 Å². The quantitative estimate of drug-likeness (QED) is 0.283. The van der Waals surface area contributed by atoms with Gasteiger partial charge in [-0.3, -0.25) is 0 Å². The zero-order valence-corrected chi connectivity index (χ0v) is 23.5. The fourth-order valence-electron chi connectivity index (χ4n) is 5.02. The molecule has 10 heteroatoms. The number of hydrogen-bond donors (Lipinski definition) is 2. The summed E-state index contributed by atoms with van der Waals surface area (Å²) in [6.45, 7) is 2.08. The lowest BCUT2D eigenvalue weighted by atomic mass is 9.93. The topological polar surface area (TPSA) is 114 Å². The maximum atomic E-state index is 13.0. The summed E-state index contributed by atoms with van der Waals surface area (Å²) < 4.78 is 31.5. The van der Waals surface area contributed by atoms with Crippen molar-refractivity contribution in [1.29, 1.82) is 0 Å². The number of anilines is 1. The Kier molecular flexibility index (Phi) is 8.02. The number of aromatic nitrogens is 3. The number of benzene rings is 2. The van der Waals surface area contributed by atoms with Gasteiger partial charge in [0.1, 0.15) is 0 Å². The molecule has 2 aromatic heterocycles. The van der Waals surface area contributed by atoms with Gasteiger partial charge in [0.05, 0.1) is 40.1 Å². The first-order valence-corrected chi connectivity index (χ1v) is 15.1. The minimum absolute atomic E-state index is 0.0774. The molecule has 0 saturated heterocycles. The van der Waals surface area contributed by atoms with Gasteiger partial charge >= 0.3 is 0 Å². The molecule has 0 aliphatic heterocycles. The minimum Gasteiger partial charge on any atom is -0.481 e. The molecule has 0 amide bonds. The Labute approximate surface area is 233 Å². The Balaban J connectivity index is 1.44. The van der Waals surface area contributed by atoms with Crippen LogP contribution in [0.3, 0.4) is 0 Å². The van der Waals surface area contributed by atoms with E-state index in [4.69, 9.17) is 21.3 Å². The van der Waals surface area contributed by atoms with Crippen molar-refractivity contribution in [2.75, 3.05) is 12.4 Å². The molecule has 5 rings (SSSR count). The molecular weight excluding hydrogens is 536 g/mol. The van der Waals surface area contributed by atoms with Crippen LogP contribution in [-0.4, -0.2) is 47.7 Å². The molecule has 2 N–H and O–H groups in total. The molecule has 39 heavy (non-hydrogen) atoms. The number of rotatable bonds is 8. The molecular formula is C29H31ClN4O4S. The number of halogens is 1. The number of hydrogen-bond acceptors (Lipinski definition) is 8. The first-order chi connectivity index (χ1) is 18.8. The normalized spacial score (nSPS) is 17.7. The van der Waals surface area contributed by atoms with E-state index in [0.29, 0.717) is 17.5 Å². The molecule has 8 nitrogen and oxygen atoms in total. The fourth-order valence-corrected chi connectivity index (χ4v) is 6.87. The number of aliphatic hydroxyl groups excluding tert-OH is 1. The van der Waals surface area contributed by atoms with Crippen LogP contribution in [0.25, 0.3) is 22.0 Å². The Morgan fingerprint density at radius 3 is 2.56 bits per heavy atom. The van der Waals surface area contributed by atoms with Crippen molar-refractivity contribution in [2.45, 2.75) is 61.8 Å². The second kappa shape index (κ2) is 11.5. The van der Waals surface area contributed by atoms with Crippen molar-refractivity contribution in [2.24, 2.45) is 0 Å². The Hall–Kier alpha value is -3.27. The minimum atomic E-state index is -3.69. The molecule has 2 aromatic carbocycles. The van der Waals surface area contributed by atoms with Crippen molar-refractivity contribution in [3.8, 4) is 17.0 Å². The third kappa shape index (κ3) is 6.00. The number of aryl methyl sites for hydroxylation is 1. The van der Waals surface area contributed by atoms with Gasteiger partial charge in [0, 0.05) is 23.2 Å². The van der Waals surface area contributed by atoms with Gasteiger partial charge in [-0.2, -0.15) is 0 Å². The van der Waals surface area contributed by atoms with Gasteiger partial charge in [0.25, 0.3) is 0 Å². The number of sulfone groups is 1. The van der Waals surface area contributed by atoms with Gasteiger partial charge in [0.15, 0.2) is 9.84 Å². The molecule has 204 valence electrons. The second-order valence-electron chi connectivity index (χ2n) is 9.82. The number of nitrogens with one attached hydrogen (secondary N) is 1. The highest BCUT2D eigenvalue weighted by atomic mass is 35.5. The number of aliphatic hydroxyl groups is 1. The van der Waals surface area contributed by atoms with Gasteiger partial charge in [-0.15, -0.1) is 0 Å². The number of pyridine rings is 1. The summed E-state index contributed by atoms with van der Waals surface area (Å²) in [4.78, 5) is 14.0.